The number of hydrogen-bond donors (Lipinski definition) is 1. The van der Waals surface area contributed by atoms with Gasteiger partial charge in [-0.2, -0.15) is 4.31 Å². The Kier molecular flexibility index (Phi) is 7.28. The van der Waals surface area contributed by atoms with Gasteiger partial charge < -0.3 is 14.6 Å². The van der Waals surface area contributed by atoms with Crippen LogP contribution in [0.15, 0.2) is 65.8 Å². The van der Waals surface area contributed by atoms with Gasteiger partial charge in [0.05, 0.1) is 12.0 Å². The van der Waals surface area contributed by atoms with Crippen LogP contribution < -0.4 is 10.1 Å². The summed E-state index contributed by atoms with van der Waals surface area (Å²) in [6.07, 6.45) is 4.48. The molecule has 3 atom stereocenters. The van der Waals surface area contributed by atoms with Crippen molar-refractivity contribution < 1.29 is 17.9 Å². The summed E-state index contributed by atoms with van der Waals surface area (Å²) < 4.78 is 35.5. The normalized spacial score (nSPS) is 19.8. The molecule has 0 spiro atoms. The zero-order chi connectivity index (χ0) is 25.2. The third-order valence-electron chi connectivity index (χ3n) is 6.39. The van der Waals surface area contributed by atoms with Crippen LogP contribution in [0.3, 0.4) is 0 Å². The molecule has 2 aromatic carbocycles. The number of piperidine rings is 1. The first-order chi connectivity index (χ1) is 16.7. The van der Waals surface area contributed by atoms with E-state index in [1.807, 2.05) is 42.1 Å². The Hall–Kier alpha value is -3.17. The Balaban J connectivity index is 1.63. The van der Waals surface area contributed by atoms with Crippen LogP contribution in [0.2, 0.25) is 0 Å². The number of carbonyl (C=O) groups is 1. The molecule has 9 heteroatoms. The number of amides is 1. The van der Waals surface area contributed by atoms with E-state index in [4.69, 9.17) is 4.74 Å². The van der Waals surface area contributed by atoms with Crippen LogP contribution in [0, 0.1) is 11.8 Å². The van der Waals surface area contributed by atoms with Gasteiger partial charge in [-0.3, -0.25) is 4.79 Å². The summed E-state index contributed by atoms with van der Waals surface area (Å²) in [5.74, 6) is 1.50. The summed E-state index contributed by atoms with van der Waals surface area (Å²) in [6, 6.07) is 13.1. The molecule has 3 unspecified atom stereocenters. The Labute approximate surface area is 207 Å². The number of nitrogens with zero attached hydrogens (tertiary/aromatic N) is 3. The predicted octanol–water partition coefficient (Wildman–Crippen LogP) is 3.61. The summed E-state index contributed by atoms with van der Waals surface area (Å²) in [7, 11) is -0.260. The van der Waals surface area contributed by atoms with Crippen molar-refractivity contribution in [1.82, 2.24) is 19.2 Å². The van der Waals surface area contributed by atoms with Crippen LogP contribution in [0.25, 0.3) is 0 Å². The first kappa shape index (κ1) is 24.9. The van der Waals surface area contributed by atoms with E-state index in [0.29, 0.717) is 36.5 Å². The average molecular weight is 497 g/mol. The van der Waals surface area contributed by atoms with Crippen LogP contribution in [-0.2, 0) is 17.1 Å². The fourth-order valence-electron chi connectivity index (χ4n) is 4.74. The van der Waals surface area contributed by atoms with Crippen LogP contribution in [-0.4, -0.2) is 48.4 Å². The zero-order valence-corrected chi connectivity index (χ0v) is 21.3. The molecule has 8 nitrogen and oxygen atoms in total. The standard InChI is InChI=1S/C26H32N4O4S/c1-18-13-19(2)17-30(16-18)35(32,33)23-10-6-8-21(15-23)26(31)28-24(25-27-11-12-29(25)3)20-7-5-9-22(14-20)34-4/h5-12,14-15,18-19,24H,13,16-17H2,1-4H3,(H,28,31). The molecule has 1 aliphatic rings. The van der Waals surface area contributed by atoms with Crippen molar-refractivity contribution in [3.8, 4) is 5.75 Å². The fraction of sp³-hybridized carbons (Fsp3) is 0.385. The van der Waals surface area contributed by atoms with Crippen molar-refractivity contribution in [1.29, 1.82) is 0 Å². The molecule has 0 radical (unpaired) electrons. The molecule has 1 aromatic heterocycles. The molecule has 0 bridgehead atoms. The lowest BCUT2D eigenvalue weighted by Crippen LogP contribution is -2.42. The maximum absolute atomic E-state index is 13.4. The topological polar surface area (TPSA) is 93.5 Å². The summed E-state index contributed by atoms with van der Waals surface area (Å²) >= 11 is 0. The number of sulfonamides is 1. The van der Waals surface area contributed by atoms with Crippen molar-refractivity contribution in [2.24, 2.45) is 18.9 Å². The average Bonchev–Trinajstić information content (AvgIpc) is 3.27. The summed E-state index contributed by atoms with van der Waals surface area (Å²) in [5.41, 5.74) is 1.07. The third-order valence-corrected chi connectivity index (χ3v) is 8.22. The van der Waals surface area contributed by atoms with E-state index < -0.39 is 22.0 Å². The number of carbonyl (C=O) groups excluding carboxylic acids is 1. The highest BCUT2D eigenvalue weighted by atomic mass is 32.2. The van der Waals surface area contributed by atoms with Crippen molar-refractivity contribution >= 4 is 15.9 Å². The number of hydrogen-bond acceptors (Lipinski definition) is 5. The van der Waals surface area contributed by atoms with E-state index in [1.165, 1.54) is 10.4 Å². The Morgan fingerprint density at radius 1 is 1.11 bits per heavy atom. The second-order valence-electron chi connectivity index (χ2n) is 9.38. The molecule has 186 valence electrons. The number of aryl methyl sites for hydroxylation is 1. The predicted molar refractivity (Wildman–Crippen MR) is 134 cm³/mol. The van der Waals surface area contributed by atoms with Gasteiger partial charge in [-0.25, -0.2) is 13.4 Å². The van der Waals surface area contributed by atoms with Crippen LogP contribution in [0.1, 0.15) is 48.1 Å². The number of imidazole rings is 1. The Bertz CT molecular complexity index is 1290. The first-order valence-corrected chi connectivity index (χ1v) is 13.1. The van der Waals surface area contributed by atoms with Gasteiger partial charge in [-0.05, 0) is 54.2 Å². The van der Waals surface area contributed by atoms with E-state index in [0.717, 1.165) is 12.0 Å². The molecule has 0 saturated carbocycles. The van der Waals surface area contributed by atoms with Gasteiger partial charge in [-0.1, -0.05) is 32.0 Å². The maximum atomic E-state index is 13.4. The number of rotatable bonds is 7. The molecule has 1 fully saturated rings. The zero-order valence-electron chi connectivity index (χ0n) is 20.5. The first-order valence-electron chi connectivity index (χ1n) is 11.7. The lowest BCUT2D eigenvalue weighted by atomic mass is 9.94. The van der Waals surface area contributed by atoms with Crippen molar-refractivity contribution in [2.45, 2.75) is 31.2 Å². The van der Waals surface area contributed by atoms with Gasteiger partial charge in [0.15, 0.2) is 0 Å². The molecule has 4 rings (SSSR count). The molecule has 3 aromatic rings. The minimum atomic E-state index is -3.70. The molecule has 1 N–H and O–H groups in total. The third kappa shape index (κ3) is 5.41. The second kappa shape index (κ2) is 10.2. The molecule has 1 amide bonds. The van der Waals surface area contributed by atoms with Gasteiger partial charge in [-0.15, -0.1) is 0 Å². The van der Waals surface area contributed by atoms with Gasteiger partial charge in [0.2, 0.25) is 10.0 Å². The summed E-state index contributed by atoms with van der Waals surface area (Å²) in [6.45, 7) is 5.11. The monoisotopic (exact) mass is 496 g/mol. The molecule has 1 aliphatic heterocycles. The van der Waals surface area contributed by atoms with Gasteiger partial charge in [0.25, 0.3) is 5.91 Å². The van der Waals surface area contributed by atoms with Gasteiger partial charge >= 0.3 is 0 Å². The van der Waals surface area contributed by atoms with E-state index in [1.54, 1.807) is 31.5 Å². The molecule has 1 saturated heterocycles. The van der Waals surface area contributed by atoms with Crippen LogP contribution in [0.5, 0.6) is 5.75 Å². The van der Waals surface area contributed by atoms with Crippen molar-refractivity contribution in [3.05, 3.63) is 77.9 Å². The van der Waals surface area contributed by atoms with E-state index in [2.05, 4.69) is 24.1 Å². The molecular formula is C26H32N4O4S. The Morgan fingerprint density at radius 2 is 1.83 bits per heavy atom. The van der Waals surface area contributed by atoms with Crippen LogP contribution >= 0.6 is 0 Å². The molecular weight excluding hydrogens is 464 g/mol. The van der Waals surface area contributed by atoms with Gasteiger partial charge in [0.1, 0.15) is 17.6 Å². The number of benzene rings is 2. The molecule has 35 heavy (non-hydrogen) atoms. The SMILES string of the molecule is COc1cccc(C(NC(=O)c2cccc(S(=O)(=O)N3CC(C)CC(C)C3)c2)c2nccn2C)c1. The highest BCUT2D eigenvalue weighted by Crippen LogP contribution is 2.28. The smallest absolute Gasteiger partial charge is 0.252 e. The lowest BCUT2D eigenvalue weighted by molar-refractivity contribution is 0.0941. The minimum absolute atomic E-state index is 0.126. The number of methoxy groups -OCH3 is 1. The van der Waals surface area contributed by atoms with E-state index >= 15 is 0 Å². The van der Waals surface area contributed by atoms with E-state index in [9.17, 15) is 13.2 Å². The second-order valence-corrected chi connectivity index (χ2v) is 11.3. The van der Waals surface area contributed by atoms with Gasteiger partial charge in [0, 0.05) is 38.1 Å². The van der Waals surface area contributed by atoms with Crippen molar-refractivity contribution in [3.63, 3.8) is 0 Å². The van der Waals surface area contributed by atoms with Crippen LogP contribution in [0.4, 0.5) is 0 Å². The maximum Gasteiger partial charge on any atom is 0.252 e. The largest absolute Gasteiger partial charge is 0.497 e. The summed E-state index contributed by atoms with van der Waals surface area (Å²) in [4.78, 5) is 17.9. The quantitative estimate of drug-likeness (QED) is 0.539. The molecule has 0 aliphatic carbocycles. The van der Waals surface area contributed by atoms with E-state index in [-0.39, 0.29) is 10.5 Å². The number of aromatic nitrogens is 2. The highest BCUT2D eigenvalue weighted by Gasteiger charge is 2.32. The minimum Gasteiger partial charge on any atom is -0.497 e. The number of nitrogens with one attached hydrogen (secondary N) is 1. The summed E-state index contributed by atoms with van der Waals surface area (Å²) in [5, 5.41) is 3.03. The molecule has 2 heterocycles. The number of ether oxygens (including phenoxy) is 1. The fourth-order valence-corrected chi connectivity index (χ4v) is 6.46. The van der Waals surface area contributed by atoms with Crippen molar-refractivity contribution in [2.75, 3.05) is 20.2 Å². The highest BCUT2D eigenvalue weighted by molar-refractivity contribution is 7.89. The lowest BCUT2D eigenvalue weighted by Gasteiger charge is -2.34. The Morgan fingerprint density at radius 3 is 2.49 bits per heavy atom.